The van der Waals surface area contributed by atoms with Crippen LogP contribution in [0.15, 0.2) is 59.8 Å². The van der Waals surface area contributed by atoms with Crippen LogP contribution < -0.4 is 5.32 Å². The van der Waals surface area contributed by atoms with Crippen LogP contribution in [0.1, 0.15) is 27.2 Å². The number of hydrogen-bond donors (Lipinski definition) is 1. The first-order valence-electron chi connectivity index (χ1n) is 9.74. The summed E-state index contributed by atoms with van der Waals surface area (Å²) in [5.74, 6) is 0.783. The SMILES string of the molecule is CC[C@@H](Sc1nnc2c3ccccc3nc(-c3ccccc3)n12)C(=O)NC(C)C. The molecule has 2 heterocycles. The molecule has 7 heteroatoms. The maximum atomic E-state index is 12.6. The molecule has 6 nitrogen and oxygen atoms in total. The zero-order valence-electron chi connectivity index (χ0n) is 16.7. The monoisotopic (exact) mass is 405 g/mol. The summed E-state index contributed by atoms with van der Waals surface area (Å²) in [6.45, 7) is 5.93. The molecule has 0 saturated heterocycles. The molecule has 148 valence electrons. The number of carbonyl (C=O) groups is 1. The summed E-state index contributed by atoms with van der Waals surface area (Å²) in [5.41, 5.74) is 2.59. The van der Waals surface area contributed by atoms with Crippen molar-refractivity contribution in [2.75, 3.05) is 0 Å². The molecule has 4 aromatic rings. The molecular weight excluding hydrogens is 382 g/mol. The van der Waals surface area contributed by atoms with Crippen molar-refractivity contribution in [3.8, 4) is 11.4 Å². The Kier molecular flexibility index (Phi) is 5.49. The van der Waals surface area contributed by atoms with Gasteiger partial charge in [-0.25, -0.2) is 4.98 Å². The predicted molar refractivity (Wildman–Crippen MR) is 117 cm³/mol. The lowest BCUT2D eigenvalue weighted by Gasteiger charge is -2.16. The second-order valence-electron chi connectivity index (χ2n) is 7.14. The minimum absolute atomic E-state index is 0.0132. The summed E-state index contributed by atoms with van der Waals surface area (Å²) in [7, 11) is 0. The lowest BCUT2D eigenvalue weighted by molar-refractivity contribution is -0.121. The van der Waals surface area contributed by atoms with Crippen LogP contribution in [0.25, 0.3) is 27.9 Å². The maximum absolute atomic E-state index is 12.6. The highest BCUT2D eigenvalue weighted by atomic mass is 32.2. The van der Waals surface area contributed by atoms with Gasteiger partial charge in [0, 0.05) is 17.0 Å². The number of rotatable bonds is 6. The Morgan fingerprint density at radius 2 is 1.79 bits per heavy atom. The first-order chi connectivity index (χ1) is 14.1. The van der Waals surface area contributed by atoms with E-state index >= 15 is 0 Å². The van der Waals surface area contributed by atoms with Gasteiger partial charge in [0.15, 0.2) is 10.8 Å². The number of para-hydroxylation sites is 1. The Morgan fingerprint density at radius 3 is 2.52 bits per heavy atom. The molecule has 0 radical (unpaired) electrons. The van der Waals surface area contributed by atoms with Crippen molar-refractivity contribution < 1.29 is 4.79 Å². The van der Waals surface area contributed by atoms with Crippen molar-refractivity contribution in [2.45, 2.75) is 43.6 Å². The number of aromatic nitrogens is 4. The van der Waals surface area contributed by atoms with Gasteiger partial charge in [0.25, 0.3) is 0 Å². The van der Waals surface area contributed by atoms with Crippen LogP contribution in [0, 0.1) is 0 Å². The van der Waals surface area contributed by atoms with Crippen LogP contribution >= 0.6 is 11.8 Å². The number of carbonyl (C=O) groups excluding carboxylic acids is 1. The average Bonchev–Trinajstić information content (AvgIpc) is 3.15. The van der Waals surface area contributed by atoms with Crippen molar-refractivity contribution in [1.29, 1.82) is 0 Å². The van der Waals surface area contributed by atoms with Gasteiger partial charge in [-0.3, -0.25) is 9.20 Å². The van der Waals surface area contributed by atoms with E-state index in [1.807, 2.05) is 79.8 Å². The zero-order valence-corrected chi connectivity index (χ0v) is 17.5. The number of nitrogens with one attached hydrogen (secondary N) is 1. The van der Waals surface area contributed by atoms with E-state index in [0.29, 0.717) is 11.6 Å². The molecule has 29 heavy (non-hydrogen) atoms. The Labute approximate surface area is 173 Å². The molecule has 1 atom stereocenters. The van der Waals surface area contributed by atoms with Gasteiger partial charge in [-0.15, -0.1) is 10.2 Å². The number of thioether (sulfide) groups is 1. The van der Waals surface area contributed by atoms with Crippen LogP contribution in [0.3, 0.4) is 0 Å². The van der Waals surface area contributed by atoms with Crippen LogP contribution in [0.5, 0.6) is 0 Å². The third-order valence-electron chi connectivity index (χ3n) is 4.59. The van der Waals surface area contributed by atoms with Crippen LogP contribution in [-0.2, 0) is 4.79 Å². The van der Waals surface area contributed by atoms with Gasteiger partial charge in [-0.2, -0.15) is 0 Å². The fourth-order valence-electron chi connectivity index (χ4n) is 3.24. The topological polar surface area (TPSA) is 72.2 Å². The standard InChI is InChI=1S/C22H23N5OS/c1-4-18(21(28)23-14(2)3)29-22-26-25-20-16-12-8-9-13-17(16)24-19(27(20)22)15-10-6-5-7-11-15/h5-14,18H,4H2,1-3H3,(H,23,28)/t18-/m1/s1. The van der Waals surface area contributed by atoms with Gasteiger partial charge >= 0.3 is 0 Å². The van der Waals surface area contributed by atoms with Crippen molar-refractivity contribution in [3.05, 3.63) is 54.6 Å². The average molecular weight is 406 g/mol. The molecule has 0 unspecified atom stereocenters. The molecule has 0 spiro atoms. The minimum Gasteiger partial charge on any atom is -0.353 e. The lowest BCUT2D eigenvalue weighted by Crippen LogP contribution is -2.37. The third-order valence-corrected chi connectivity index (χ3v) is 5.90. The lowest BCUT2D eigenvalue weighted by atomic mass is 10.2. The largest absolute Gasteiger partial charge is 0.353 e. The molecule has 1 N–H and O–H groups in total. The van der Waals surface area contributed by atoms with E-state index in [0.717, 1.165) is 27.9 Å². The molecule has 1 amide bonds. The zero-order chi connectivity index (χ0) is 20.4. The summed E-state index contributed by atoms with van der Waals surface area (Å²) < 4.78 is 1.97. The van der Waals surface area contributed by atoms with Crippen molar-refractivity contribution in [2.24, 2.45) is 0 Å². The highest BCUT2D eigenvalue weighted by Gasteiger charge is 2.23. The first kappa shape index (κ1) is 19.4. The van der Waals surface area contributed by atoms with E-state index in [-0.39, 0.29) is 17.2 Å². The van der Waals surface area contributed by atoms with E-state index < -0.39 is 0 Å². The van der Waals surface area contributed by atoms with Gasteiger partial charge < -0.3 is 5.32 Å². The molecule has 0 aliphatic rings. The molecule has 0 aliphatic carbocycles. The third kappa shape index (κ3) is 3.82. The Hall–Kier alpha value is -2.93. The molecule has 0 bridgehead atoms. The number of fused-ring (bicyclic) bond motifs is 3. The summed E-state index contributed by atoms with van der Waals surface area (Å²) in [4.78, 5) is 17.5. The van der Waals surface area contributed by atoms with E-state index in [1.54, 1.807) is 0 Å². The Bertz CT molecular complexity index is 1160. The fourth-order valence-corrected chi connectivity index (χ4v) is 4.21. The van der Waals surface area contributed by atoms with Crippen LogP contribution in [0.2, 0.25) is 0 Å². The van der Waals surface area contributed by atoms with E-state index in [4.69, 9.17) is 4.98 Å². The minimum atomic E-state index is -0.250. The van der Waals surface area contributed by atoms with Gasteiger partial charge in [0.05, 0.1) is 10.8 Å². The molecule has 2 aromatic heterocycles. The number of amides is 1. The summed E-state index contributed by atoms with van der Waals surface area (Å²) >= 11 is 1.43. The van der Waals surface area contributed by atoms with Gasteiger partial charge in [0.1, 0.15) is 5.82 Å². The fraction of sp³-hybridized carbons (Fsp3) is 0.273. The smallest absolute Gasteiger partial charge is 0.233 e. The predicted octanol–water partition coefficient (Wildman–Crippen LogP) is 4.34. The Balaban J connectivity index is 1.87. The van der Waals surface area contributed by atoms with Crippen molar-refractivity contribution >= 4 is 34.2 Å². The van der Waals surface area contributed by atoms with Crippen molar-refractivity contribution in [3.63, 3.8) is 0 Å². The van der Waals surface area contributed by atoms with Crippen LogP contribution in [-0.4, -0.2) is 36.8 Å². The highest BCUT2D eigenvalue weighted by molar-refractivity contribution is 8.00. The maximum Gasteiger partial charge on any atom is 0.233 e. The molecule has 4 rings (SSSR count). The molecule has 0 aliphatic heterocycles. The molecule has 2 aromatic carbocycles. The van der Waals surface area contributed by atoms with Gasteiger partial charge in [-0.1, -0.05) is 61.2 Å². The van der Waals surface area contributed by atoms with E-state index in [9.17, 15) is 4.79 Å². The highest BCUT2D eigenvalue weighted by Crippen LogP contribution is 2.31. The summed E-state index contributed by atoms with van der Waals surface area (Å²) in [6, 6.07) is 18.0. The van der Waals surface area contributed by atoms with Gasteiger partial charge in [0.2, 0.25) is 5.91 Å². The second kappa shape index (κ2) is 8.21. The first-order valence-corrected chi connectivity index (χ1v) is 10.6. The van der Waals surface area contributed by atoms with Crippen LogP contribution in [0.4, 0.5) is 0 Å². The number of benzene rings is 2. The molecular formula is C22H23N5OS. The number of hydrogen-bond acceptors (Lipinski definition) is 5. The molecule has 0 saturated carbocycles. The summed E-state index contributed by atoms with van der Waals surface area (Å²) in [6.07, 6.45) is 0.694. The quantitative estimate of drug-likeness (QED) is 0.483. The van der Waals surface area contributed by atoms with Crippen molar-refractivity contribution in [1.82, 2.24) is 24.9 Å². The Morgan fingerprint density at radius 1 is 1.07 bits per heavy atom. The summed E-state index contributed by atoms with van der Waals surface area (Å²) in [5, 5.41) is 13.3. The number of nitrogens with zero attached hydrogens (tertiary/aromatic N) is 4. The van der Waals surface area contributed by atoms with Gasteiger partial charge in [-0.05, 0) is 32.4 Å². The molecule has 0 fully saturated rings. The van der Waals surface area contributed by atoms with E-state index in [2.05, 4.69) is 15.5 Å². The second-order valence-corrected chi connectivity index (χ2v) is 8.31. The normalized spacial score (nSPS) is 12.6. The van der Waals surface area contributed by atoms with E-state index in [1.165, 1.54) is 11.8 Å².